The van der Waals surface area contributed by atoms with Crippen molar-refractivity contribution in [3.8, 4) is 5.75 Å². The number of rotatable bonds is 6. The van der Waals surface area contributed by atoms with Gasteiger partial charge >= 0.3 is 0 Å². The van der Waals surface area contributed by atoms with Crippen LogP contribution in [-0.4, -0.2) is 15.1 Å². The molecular weight excluding hydrogens is 402 g/mol. The normalized spacial score (nSPS) is 15.3. The van der Waals surface area contributed by atoms with E-state index in [4.69, 9.17) is 21.4 Å². The number of ether oxygens (including phenoxy) is 1. The molecule has 0 radical (unpaired) electrons. The molecule has 2 heterocycles. The molecule has 3 aromatic rings. The van der Waals surface area contributed by atoms with Crippen molar-refractivity contribution < 1.29 is 13.9 Å². The van der Waals surface area contributed by atoms with E-state index in [1.54, 1.807) is 17.2 Å². The van der Waals surface area contributed by atoms with Gasteiger partial charge in [-0.3, -0.25) is 9.69 Å². The van der Waals surface area contributed by atoms with E-state index >= 15 is 0 Å². The topological polar surface area (TPSA) is 42.7 Å². The van der Waals surface area contributed by atoms with Gasteiger partial charge in [-0.15, -0.1) is 0 Å². The zero-order chi connectivity index (χ0) is 20.2. The van der Waals surface area contributed by atoms with E-state index < -0.39 is 0 Å². The standard InChI is InChI=1S/C23H19NO3S2/c1-16-8-10-17(11-9-16)15-27-20-7-3-2-5-18(20)13-21-22(25)24(23(28)29-21)14-19-6-4-12-26-19/h2-13H,14-15H2,1H3. The molecule has 0 bridgehead atoms. The van der Waals surface area contributed by atoms with Gasteiger partial charge in [0.1, 0.15) is 22.4 Å². The monoisotopic (exact) mass is 421 g/mol. The summed E-state index contributed by atoms with van der Waals surface area (Å²) in [4.78, 5) is 15.0. The summed E-state index contributed by atoms with van der Waals surface area (Å²) in [7, 11) is 0. The fourth-order valence-electron chi connectivity index (χ4n) is 2.91. The quantitative estimate of drug-likeness (QED) is 0.385. The van der Waals surface area contributed by atoms with Crippen LogP contribution in [0.3, 0.4) is 0 Å². The van der Waals surface area contributed by atoms with Crippen LogP contribution in [0, 0.1) is 6.92 Å². The number of carbonyl (C=O) groups is 1. The number of thiocarbonyl (C=S) groups is 1. The molecule has 2 aromatic carbocycles. The molecule has 146 valence electrons. The zero-order valence-corrected chi connectivity index (χ0v) is 17.5. The molecule has 0 N–H and O–H groups in total. The van der Waals surface area contributed by atoms with E-state index in [1.165, 1.54) is 17.3 Å². The number of hydrogen-bond acceptors (Lipinski definition) is 5. The molecule has 1 aliphatic heterocycles. The Morgan fingerprint density at radius 2 is 1.90 bits per heavy atom. The van der Waals surface area contributed by atoms with Crippen molar-refractivity contribution in [3.63, 3.8) is 0 Å². The minimum atomic E-state index is -0.121. The van der Waals surface area contributed by atoms with Gasteiger partial charge in [0.05, 0.1) is 17.7 Å². The zero-order valence-electron chi connectivity index (χ0n) is 15.8. The Morgan fingerprint density at radius 3 is 2.66 bits per heavy atom. The number of aryl methyl sites for hydroxylation is 1. The maximum absolute atomic E-state index is 12.8. The van der Waals surface area contributed by atoms with Gasteiger partial charge in [-0.05, 0) is 36.8 Å². The van der Waals surface area contributed by atoms with E-state index in [-0.39, 0.29) is 5.91 Å². The van der Waals surface area contributed by atoms with Crippen molar-refractivity contribution in [2.24, 2.45) is 0 Å². The molecule has 4 nitrogen and oxygen atoms in total. The molecule has 1 saturated heterocycles. The predicted molar refractivity (Wildman–Crippen MR) is 119 cm³/mol. The molecule has 29 heavy (non-hydrogen) atoms. The van der Waals surface area contributed by atoms with Gasteiger partial charge in [0.25, 0.3) is 5.91 Å². The second-order valence-corrected chi connectivity index (χ2v) is 8.34. The molecule has 1 aliphatic rings. The maximum atomic E-state index is 12.8. The van der Waals surface area contributed by atoms with E-state index in [9.17, 15) is 4.79 Å². The molecule has 1 aromatic heterocycles. The second kappa shape index (κ2) is 8.68. The Hall–Kier alpha value is -2.83. The van der Waals surface area contributed by atoms with Crippen LogP contribution in [0.25, 0.3) is 6.08 Å². The lowest BCUT2D eigenvalue weighted by Gasteiger charge is -2.12. The average molecular weight is 422 g/mol. The highest BCUT2D eigenvalue weighted by atomic mass is 32.2. The van der Waals surface area contributed by atoms with Crippen LogP contribution in [0.1, 0.15) is 22.5 Å². The summed E-state index contributed by atoms with van der Waals surface area (Å²) in [5.41, 5.74) is 3.15. The second-order valence-electron chi connectivity index (χ2n) is 6.66. The number of thioether (sulfide) groups is 1. The summed E-state index contributed by atoms with van der Waals surface area (Å²) >= 11 is 6.69. The van der Waals surface area contributed by atoms with Gasteiger partial charge in [0.2, 0.25) is 0 Å². The third kappa shape index (κ3) is 4.60. The van der Waals surface area contributed by atoms with Gasteiger partial charge in [-0.1, -0.05) is 72.0 Å². The highest BCUT2D eigenvalue weighted by Crippen LogP contribution is 2.35. The van der Waals surface area contributed by atoms with Gasteiger partial charge in [-0.2, -0.15) is 0 Å². The van der Waals surface area contributed by atoms with Gasteiger partial charge in [-0.25, -0.2) is 0 Å². The fourth-order valence-corrected chi connectivity index (χ4v) is 4.16. The lowest BCUT2D eigenvalue weighted by Crippen LogP contribution is -2.27. The Morgan fingerprint density at radius 1 is 1.10 bits per heavy atom. The summed E-state index contributed by atoms with van der Waals surface area (Å²) in [5.74, 6) is 1.30. The van der Waals surface area contributed by atoms with Crippen LogP contribution in [0.2, 0.25) is 0 Å². The van der Waals surface area contributed by atoms with Gasteiger partial charge in [0, 0.05) is 5.56 Å². The van der Waals surface area contributed by atoms with Crippen molar-refractivity contribution in [1.29, 1.82) is 0 Å². The lowest BCUT2D eigenvalue weighted by molar-refractivity contribution is -0.122. The van der Waals surface area contributed by atoms with Crippen LogP contribution >= 0.6 is 24.0 Å². The number of carbonyl (C=O) groups excluding carboxylic acids is 1. The molecule has 0 saturated carbocycles. The largest absolute Gasteiger partial charge is 0.488 e. The van der Waals surface area contributed by atoms with Crippen LogP contribution in [-0.2, 0) is 17.9 Å². The minimum absolute atomic E-state index is 0.121. The molecule has 1 fully saturated rings. The highest BCUT2D eigenvalue weighted by molar-refractivity contribution is 8.26. The number of benzene rings is 2. The van der Waals surface area contributed by atoms with Crippen LogP contribution in [0.15, 0.2) is 76.2 Å². The Bertz CT molecular complexity index is 1060. The first-order chi connectivity index (χ1) is 14.1. The molecular formula is C23H19NO3S2. The Kier molecular flexibility index (Phi) is 5.83. The molecule has 0 spiro atoms. The van der Waals surface area contributed by atoms with Gasteiger partial charge < -0.3 is 9.15 Å². The number of hydrogen-bond donors (Lipinski definition) is 0. The van der Waals surface area contributed by atoms with Crippen molar-refractivity contribution in [2.45, 2.75) is 20.1 Å². The molecule has 1 amide bonds. The number of para-hydroxylation sites is 1. The predicted octanol–water partition coefficient (Wildman–Crippen LogP) is 5.57. The fraction of sp³-hybridized carbons (Fsp3) is 0.130. The van der Waals surface area contributed by atoms with Gasteiger partial charge in [0.15, 0.2) is 0 Å². The Balaban J connectivity index is 1.51. The molecule has 0 atom stereocenters. The lowest BCUT2D eigenvalue weighted by atomic mass is 10.1. The smallest absolute Gasteiger partial charge is 0.266 e. The highest BCUT2D eigenvalue weighted by Gasteiger charge is 2.32. The van der Waals surface area contributed by atoms with Crippen molar-refractivity contribution in [3.05, 3.63) is 94.3 Å². The average Bonchev–Trinajstić information content (AvgIpc) is 3.33. The molecule has 0 aliphatic carbocycles. The molecule has 0 unspecified atom stereocenters. The Labute approximate surface area is 179 Å². The van der Waals surface area contributed by atoms with E-state index in [1.807, 2.05) is 36.4 Å². The maximum Gasteiger partial charge on any atom is 0.266 e. The first-order valence-electron chi connectivity index (χ1n) is 9.15. The SMILES string of the molecule is Cc1ccc(COc2ccccc2C=C2SC(=S)N(Cc3ccco3)C2=O)cc1. The van der Waals surface area contributed by atoms with E-state index in [0.717, 1.165) is 16.9 Å². The number of nitrogens with zero attached hydrogens (tertiary/aromatic N) is 1. The van der Waals surface area contributed by atoms with Crippen molar-refractivity contribution in [2.75, 3.05) is 0 Å². The summed E-state index contributed by atoms with van der Waals surface area (Å²) < 4.78 is 11.9. The molecule has 6 heteroatoms. The van der Waals surface area contributed by atoms with E-state index in [0.29, 0.717) is 28.1 Å². The van der Waals surface area contributed by atoms with E-state index in [2.05, 4.69) is 31.2 Å². The van der Waals surface area contributed by atoms with Crippen LogP contribution in [0.4, 0.5) is 0 Å². The van der Waals surface area contributed by atoms with Crippen LogP contribution < -0.4 is 4.74 Å². The number of furan rings is 1. The third-order valence-electron chi connectivity index (χ3n) is 4.49. The summed E-state index contributed by atoms with van der Waals surface area (Å²) in [6.07, 6.45) is 3.43. The molecule has 4 rings (SSSR count). The third-order valence-corrected chi connectivity index (χ3v) is 5.87. The summed E-state index contributed by atoms with van der Waals surface area (Å²) in [6.45, 7) is 2.85. The van der Waals surface area contributed by atoms with Crippen LogP contribution in [0.5, 0.6) is 5.75 Å². The minimum Gasteiger partial charge on any atom is -0.488 e. The number of amides is 1. The van der Waals surface area contributed by atoms with Crippen molar-refractivity contribution in [1.82, 2.24) is 4.90 Å². The first-order valence-corrected chi connectivity index (χ1v) is 10.4. The summed E-state index contributed by atoms with van der Waals surface area (Å²) in [6, 6.07) is 19.5. The van der Waals surface area contributed by atoms with Crippen molar-refractivity contribution >= 4 is 40.3 Å². The summed E-state index contributed by atoms with van der Waals surface area (Å²) in [5, 5.41) is 0. The first kappa shape index (κ1) is 19.5.